The highest BCUT2D eigenvalue weighted by atomic mass is 16.5. The van der Waals surface area contributed by atoms with Crippen LogP contribution in [0.15, 0.2) is 6.07 Å². The summed E-state index contributed by atoms with van der Waals surface area (Å²) < 4.78 is 5.66. The highest BCUT2D eigenvalue weighted by molar-refractivity contribution is 5.48. The molecule has 0 radical (unpaired) electrons. The minimum Gasteiger partial charge on any atom is -0.494 e. The van der Waals surface area contributed by atoms with E-state index >= 15 is 0 Å². The molecule has 0 bridgehead atoms. The number of ether oxygens (including phenoxy) is 1. The van der Waals surface area contributed by atoms with Gasteiger partial charge in [0.2, 0.25) is 0 Å². The molecule has 0 saturated heterocycles. The minimum atomic E-state index is 0.361. The molecule has 0 fully saturated rings. The molecule has 0 unspecified atom stereocenters. The highest BCUT2D eigenvalue weighted by Crippen LogP contribution is 2.29. The standard InChI is InChI=1S/C15H26N2O/c1-5-18-15-6-10(2)14(11(3)12(15)4)7-13(8-16)9-17/h6,13H,5,7-9,16-17H2,1-4H3. The Morgan fingerprint density at radius 3 is 2.22 bits per heavy atom. The lowest BCUT2D eigenvalue weighted by atomic mass is 9.90. The summed E-state index contributed by atoms with van der Waals surface area (Å²) in [5.41, 5.74) is 16.7. The maximum atomic E-state index is 5.74. The maximum Gasteiger partial charge on any atom is 0.122 e. The third-order valence-electron chi connectivity index (χ3n) is 3.67. The van der Waals surface area contributed by atoms with Gasteiger partial charge in [-0.3, -0.25) is 0 Å². The largest absolute Gasteiger partial charge is 0.494 e. The number of hydrogen-bond donors (Lipinski definition) is 2. The molecule has 0 amide bonds. The molecule has 0 spiro atoms. The molecule has 102 valence electrons. The van der Waals surface area contributed by atoms with Gasteiger partial charge >= 0.3 is 0 Å². The van der Waals surface area contributed by atoms with Crippen LogP contribution in [0.25, 0.3) is 0 Å². The van der Waals surface area contributed by atoms with E-state index in [9.17, 15) is 0 Å². The second kappa shape index (κ2) is 6.76. The second-order valence-electron chi connectivity index (χ2n) is 4.89. The van der Waals surface area contributed by atoms with E-state index in [0.717, 1.165) is 12.2 Å². The topological polar surface area (TPSA) is 61.3 Å². The predicted molar refractivity (Wildman–Crippen MR) is 77.1 cm³/mol. The summed E-state index contributed by atoms with van der Waals surface area (Å²) in [7, 11) is 0. The van der Waals surface area contributed by atoms with Crippen molar-refractivity contribution in [3.8, 4) is 5.75 Å². The molecule has 0 aliphatic rings. The third kappa shape index (κ3) is 3.24. The van der Waals surface area contributed by atoms with Gasteiger partial charge in [-0.05, 0) is 81.4 Å². The van der Waals surface area contributed by atoms with E-state index in [4.69, 9.17) is 16.2 Å². The van der Waals surface area contributed by atoms with E-state index in [-0.39, 0.29) is 0 Å². The van der Waals surface area contributed by atoms with Gasteiger partial charge in [0.05, 0.1) is 6.61 Å². The zero-order valence-electron chi connectivity index (χ0n) is 12.0. The van der Waals surface area contributed by atoms with Crippen LogP contribution in [-0.2, 0) is 6.42 Å². The van der Waals surface area contributed by atoms with E-state index in [1.165, 1.54) is 22.3 Å². The quantitative estimate of drug-likeness (QED) is 0.812. The first-order valence-electron chi connectivity index (χ1n) is 6.67. The molecule has 18 heavy (non-hydrogen) atoms. The van der Waals surface area contributed by atoms with Crippen molar-refractivity contribution in [3.63, 3.8) is 0 Å². The first-order valence-corrected chi connectivity index (χ1v) is 6.67. The van der Waals surface area contributed by atoms with Crippen molar-refractivity contribution in [1.29, 1.82) is 0 Å². The summed E-state index contributed by atoms with van der Waals surface area (Å²) in [5, 5.41) is 0. The van der Waals surface area contributed by atoms with E-state index in [1.54, 1.807) is 0 Å². The Labute approximate surface area is 111 Å². The van der Waals surface area contributed by atoms with Crippen molar-refractivity contribution in [2.75, 3.05) is 19.7 Å². The maximum absolute atomic E-state index is 5.74. The highest BCUT2D eigenvalue weighted by Gasteiger charge is 2.14. The van der Waals surface area contributed by atoms with Crippen LogP contribution < -0.4 is 16.2 Å². The van der Waals surface area contributed by atoms with Crippen molar-refractivity contribution >= 4 is 0 Å². The van der Waals surface area contributed by atoms with Gasteiger partial charge in [0.1, 0.15) is 5.75 Å². The summed E-state index contributed by atoms with van der Waals surface area (Å²) >= 11 is 0. The van der Waals surface area contributed by atoms with E-state index < -0.39 is 0 Å². The summed E-state index contributed by atoms with van der Waals surface area (Å²) in [6.07, 6.45) is 0.956. The fraction of sp³-hybridized carbons (Fsp3) is 0.600. The molecule has 4 N–H and O–H groups in total. The summed E-state index contributed by atoms with van der Waals surface area (Å²) in [4.78, 5) is 0. The van der Waals surface area contributed by atoms with Gasteiger partial charge in [-0.2, -0.15) is 0 Å². The Balaban J connectivity index is 3.09. The zero-order chi connectivity index (χ0) is 13.7. The van der Waals surface area contributed by atoms with Crippen LogP contribution >= 0.6 is 0 Å². The van der Waals surface area contributed by atoms with Gasteiger partial charge in [0.15, 0.2) is 0 Å². The Bertz CT molecular complexity index is 398. The van der Waals surface area contributed by atoms with Gasteiger partial charge < -0.3 is 16.2 Å². The predicted octanol–water partition coefficient (Wildman–Crippen LogP) is 2.09. The lowest BCUT2D eigenvalue weighted by Crippen LogP contribution is -2.25. The van der Waals surface area contributed by atoms with Crippen LogP contribution in [0.4, 0.5) is 0 Å². The molecular formula is C15H26N2O. The average molecular weight is 250 g/mol. The van der Waals surface area contributed by atoms with E-state index in [2.05, 4.69) is 26.8 Å². The molecule has 0 aliphatic carbocycles. The number of aryl methyl sites for hydroxylation is 1. The van der Waals surface area contributed by atoms with Crippen LogP contribution in [0.3, 0.4) is 0 Å². The molecule has 3 heteroatoms. The first kappa shape index (κ1) is 15.0. The van der Waals surface area contributed by atoms with Gasteiger partial charge in [0.25, 0.3) is 0 Å². The van der Waals surface area contributed by atoms with Crippen molar-refractivity contribution < 1.29 is 4.74 Å². The van der Waals surface area contributed by atoms with Crippen LogP contribution in [0, 0.1) is 26.7 Å². The molecule has 0 aliphatic heterocycles. The lowest BCUT2D eigenvalue weighted by molar-refractivity contribution is 0.337. The Morgan fingerprint density at radius 2 is 1.72 bits per heavy atom. The Kier molecular flexibility index (Phi) is 5.63. The molecule has 0 saturated carbocycles. The first-order chi connectivity index (χ1) is 8.54. The van der Waals surface area contributed by atoms with Crippen molar-refractivity contribution in [1.82, 2.24) is 0 Å². The molecular weight excluding hydrogens is 224 g/mol. The van der Waals surface area contributed by atoms with E-state index in [1.807, 2.05) is 6.92 Å². The second-order valence-corrected chi connectivity index (χ2v) is 4.89. The molecule has 0 atom stereocenters. The molecule has 0 heterocycles. The number of nitrogens with two attached hydrogens (primary N) is 2. The van der Waals surface area contributed by atoms with Crippen LogP contribution in [0.2, 0.25) is 0 Å². The summed E-state index contributed by atoms with van der Waals surface area (Å²) in [6, 6.07) is 2.13. The van der Waals surface area contributed by atoms with Crippen LogP contribution in [0.5, 0.6) is 5.75 Å². The van der Waals surface area contributed by atoms with Crippen molar-refractivity contribution in [2.24, 2.45) is 17.4 Å². The Morgan fingerprint density at radius 1 is 1.11 bits per heavy atom. The van der Waals surface area contributed by atoms with Crippen molar-refractivity contribution in [2.45, 2.75) is 34.1 Å². The van der Waals surface area contributed by atoms with Gasteiger partial charge in [-0.15, -0.1) is 0 Å². The fourth-order valence-corrected chi connectivity index (χ4v) is 2.27. The normalized spacial score (nSPS) is 11.1. The summed E-state index contributed by atoms with van der Waals surface area (Å²) in [5.74, 6) is 1.35. The minimum absolute atomic E-state index is 0.361. The van der Waals surface area contributed by atoms with Gasteiger partial charge in [-0.25, -0.2) is 0 Å². The molecule has 3 nitrogen and oxygen atoms in total. The molecule has 1 aromatic carbocycles. The van der Waals surface area contributed by atoms with E-state index in [0.29, 0.717) is 25.6 Å². The number of hydrogen-bond acceptors (Lipinski definition) is 3. The average Bonchev–Trinajstić information content (AvgIpc) is 2.36. The third-order valence-corrected chi connectivity index (χ3v) is 3.67. The smallest absolute Gasteiger partial charge is 0.122 e. The van der Waals surface area contributed by atoms with Crippen molar-refractivity contribution in [3.05, 3.63) is 28.3 Å². The molecule has 0 aromatic heterocycles. The van der Waals surface area contributed by atoms with Gasteiger partial charge in [-0.1, -0.05) is 0 Å². The lowest BCUT2D eigenvalue weighted by Gasteiger charge is -2.20. The molecule has 1 rings (SSSR count). The van der Waals surface area contributed by atoms with Crippen LogP contribution in [-0.4, -0.2) is 19.7 Å². The zero-order valence-corrected chi connectivity index (χ0v) is 12.0. The SMILES string of the molecule is CCOc1cc(C)c(CC(CN)CN)c(C)c1C. The summed E-state index contributed by atoms with van der Waals surface area (Å²) in [6.45, 7) is 10.4. The monoisotopic (exact) mass is 250 g/mol. The molecule has 1 aromatic rings. The number of rotatable bonds is 6. The number of benzene rings is 1. The Hall–Kier alpha value is -1.06. The van der Waals surface area contributed by atoms with Crippen LogP contribution in [0.1, 0.15) is 29.2 Å². The fourth-order valence-electron chi connectivity index (χ4n) is 2.27. The van der Waals surface area contributed by atoms with Gasteiger partial charge in [0, 0.05) is 0 Å².